The lowest BCUT2D eigenvalue weighted by atomic mass is 9.79. The van der Waals surface area contributed by atoms with Gasteiger partial charge in [0.2, 0.25) is 0 Å². The van der Waals surface area contributed by atoms with Crippen molar-refractivity contribution >= 4 is 0 Å². The molecule has 0 spiro atoms. The van der Waals surface area contributed by atoms with Crippen molar-refractivity contribution in [3.63, 3.8) is 0 Å². The van der Waals surface area contributed by atoms with Crippen LogP contribution in [0.15, 0.2) is 0 Å². The van der Waals surface area contributed by atoms with E-state index >= 15 is 0 Å². The van der Waals surface area contributed by atoms with Crippen LogP contribution in [0.5, 0.6) is 0 Å². The number of likely N-dealkylation sites (tertiary alicyclic amines) is 1. The third kappa shape index (κ3) is 5.04. The topological polar surface area (TPSA) is 15.3 Å². The fourth-order valence-corrected chi connectivity index (χ4v) is 4.22. The molecule has 2 nitrogen and oxygen atoms in total. The Morgan fingerprint density at radius 3 is 2.25 bits per heavy atom. The zero-order chi connectivity index (χ0) is 14.8. The Morgan fingerprint density at radius 1 is 1.05 bits per heavy atom. The van der Waals surface area contributed by atoms with Crippen molar-refractivity contribution < 1.29 is 0 Å². The van der Waals surface area contributed by atoms with E-state index in [1.165, 1.54) is 51.6 Å². The van der Waals surface area contributed by atoms with E-state index in [4.69, 9.17) is 0 Å². The molecule has 0 amide bonds. The standard InChI is InChI=1S/C18H36N2/c1-14(2)20-12-15(11-18(3,4)5)10-17(13-20)19-16-8-6-7-9-16/h14-17,19H,6-13H2,1-5H3. The molecule has 2 heteroatoms. The summed E-state index contributed by atoms with van der Waals surface area (Å²) in [6, 6.07) is 2.22. The van der Waals surface area contributed by atoms with Gasteiger partial charge in [-0.05, 0) is 50.9 Å². The molecule has 2 rings (SSSR count). The number of hydrogen-bond donors (Lipinski definition) is 1. The Balaban J connectivity index is 1.92. The van der Waals surface area contributed by atoms with Crippen LogP contribution in [0.25, 0.3) is 0 Å². The largest absolute Gasteiger partial charge is 0.310 e. The summed E-state index contributed by atoms with van der Waals surface area (Å²) >= 11 is 0. The first kappa shape index (κ1) is 16.3. The van der Waals surface area contributed by atoms with Crippen LogP contribution in [0.1, 0.15) is 73.1 Å². The summed E-state index contributed by atoms with van der Waals surface area (Å²) in [5.74, 6) is 0.866. The van der Waals surface area contributed by atoms with E-state index in [0.29, 0.717) is 11.5 Å². The number of nitrogens with zero attached hydrogens (tertiary/aromatic N) is 1. The Morgan fingerprint density at radius 2 is 1.70 bits per heavy atom. The van der Waals surface area contributed by atoms with Gasteiger partial charge in [0.05, 0.1) is 0 Å². The Kier molecular flexibility index (Phi) is 5.53. The van der Waals surface area contributed by atoms with Crippen molar-refractivity contribution in [3.8, 4) is 0 Å². The van der Waals surface area contributed by atoms with Gasteiger partial charge in [-0.2, -0.15) is 0 Å². The van der Waals surface area contributed by atoms with Crippen LogP contribution in [-0.2, 0) is 0 Å². The van der Waals surface area contributed by atoms with E-state index in [1.807, 2.05) is 0 Å². The Hall–Kier alpha value is -0.0800. The third-order valence-electron chi connectivity index (χ3n) is 5.02. The van der Waals surface area contributed by atoms with Gasteiger partial charge in [-0.1, -0.05) is 33.6 Å². The smallest absolute Gasteiger partial charge is 0.0200 e. The quantitative estimate of drug-likeness (QED) is 0.835. The molecular weight excluding hydrogens is 244 g/mol. The highest BCUT2D eigenvalue weighted by Gasteiger charge is 2.32. The number of nitrogens with one attached hydrogen (secondary N) is 1. The van der Waals surface area contributed by atoms with Crippen LogP contribution < -0.4 is 5.32 Å². The van der Waals surface area contributed by atoms with Gasteiger partial charge in [-0.3, -0.25) is 4.90 Å². The lowest BCUT2D eigenvalue weighted by Crippen LogP contribution is -2.53. The highest BCUT2D eigenvalue weighted by molar-refractivity contribution is 4.89. The van der Waals surface area contributed by atoms with Gasteiger partial charge in [0.15, 0.2) is 0 Å². The van der Waals surface area contributed by atoms with Crippen LogP contribution in [0.3, 0.4) is 0 Å². The van der Waals surface area contributed by atoms with E-state index in [2.05, 4.69) is 44.8 Å². The van der Waals surface area contributed by atoms with Crippen LogP contribution in [-0.4, -0.2) is 36.1 Å². The van der Waals surface area contributed by atoms with Gasteiger partial charge in [0, 0.05) is 31.2 Å². The summed E-state index contributed by atoms with van der Waals surface area (Å²) in [5.41, 5.74) is 0.461. The summed E-state index contributed by atoms with van der Waals surface area (Å²) in [6.07, 6.45) is 8.42. The zero-order valence-corrected chi connectivity index (χ0v) is 14.4. The SMILES string of the molecule is CC(C)N1CC(CC(C)(C)C)CC(NC2CCCC2)C1. The first-order chi connectivity index (χ1) is 9.33. The minimum Gasteiger partial charge on any atom is -0.310 e. The van der Waals surface area contributed by atoms with E-state index in [9.17, 15) is 0 Å². The van der Waals surface area contributed by atoms with E-state index < -0.39 is 0 Å². The first-order valence-corrected chi connectivity index (χ1v) is 8.83. The molecule has 2 unspecified atom stereocenters. The molecule has 1 aliphatic heterocycles. The van der Waals surface area contributed by atoms with Crippen LogP contribution >= 0.6 is 0 Å². The maximum absolute atomic E-state index is 3.98. The van der Waals surface area contributed by atoms with Crippen LogP contribution in [0.4, 0.5) is 0 Å². The van der Waals surface area contributed by atoms with E-state index in [1.54, 1.807) is 0 Å². The van der Waals surface area contributed by atoms with Gasteiger partial charge in [-0.25, -0.2) is 0 Å². The average Bonchev–Trinajstić information content (AvgIpc) is 2.78. The van der Waals surface area contributed by atoms with Gasteiger partial charge < -0.3 is 5.32 Å². The van der Waals surface area contributed by atoms with E-state index in [-0.39, 0.29) is 0 Å². The highest BCUT2D eigenvalue weighted by Crippen LogP contribution is 2.31. The lowest BCUT2D eigenvalue weighted by molar-refractivity contribution is 0.0862. The molecule has 0 radical (unpaired) electrons. The van der Waals surface area contributed by atoms with Crippen molar-refractivity contribution in [3.05, 3.63) is 0 Å². The minimum absolute atomic E-state index is 0.461. The predicted molar refractivity (Wildman–Crippen MR) is 88.1 cm³/mol. The molecule has 0 aromatic heterocycles. The molecule has 2 fully saturated rings. The molecule has 1 saturated carbocycles. The molecule has 0 bridgehead atoms. The van der Waals surface area contributed by atoms with Crippen molar-refractivity contribution in [2.24, 2.45) is 11.3 Å². The van der Waals surface area contributed by atoms with Crippen molar-refractivity contribution in [2.75, 3.05) is 13.1 Å². The fourth-order valence-electron chi connectivity index (χ4n) is 4.22. The normalized spacial score (nSPS) is 30.3. The zero-order valence-electron chi connectivity index (χ0n) is 14.4. The lowest BCUT2D eigenvalue weighted by Gasteiger charge is -2.43. The highest BCUT2D eigenvalue weighted by atomic mass is 15.2. The molecule has 1 aliphatic carbocycles. The molecule has 118 valence electrons. The number of hydrogen-bond acceptors (Lipinski definition) is 2. The number of piperidine rings is 1. The Labute approximate surface area is 126 Å². The molecular formula is C18H36N2. The minimum atomic E-state index is 0.461. The summed E-state index contributed by atoms with van der Waals surface area (Å²) in [5, 5.41) is 3.98. The third-order valence-corrected chi connectivity index (χ3v) is 5.02. The summed E-state index contributed by atoms with van der Waals surface area (Å²) in [4.78, 5) is 2.70. The second-order valence-corrected chi connectivity index (χ2v) is 8.76. The number of rotatable bonds is 4. The molecule has 1 N–H and O–H groups in total. The van der Waals surface area contributed by atoms with Crippen LogP contribution in [0, 0.1) is 11.3 Å². The first-order valence-electron chi connectivity index (χ1n) is 8.83. The molecule has 1 heterocycles. The summed E-state index contributed by atoms with van der Waals surface area (Å²) < 4.78 is 0. The molecule has 1 saturated heterocycles. The van der Waals surface area contributed by atoms with Gasteiger partial charge >= 0.3 is 0 Å². The maximum Gasteiger partial charge on any atom is 0.0200 e. The van der Waals surface area contributed by atoms with Crippen molar-refractivity contribution in [1.82, 2.24) is 10.2 Å². The maximum atomic E-state index is 3.98. The summed E-state index contributed by atoms with van der Waals surface area (Å²) in [6.45, 7) is 14.4. The second kappa shape index (κ2) is 6.79. The molecule has 0 aromatic carbocycles. The van der Waals surface area contributed by atoms with E-state index in [0.717, 1.165) is 18.0 Å². The van der Waals surface area contributed by atoms with Gasteiger partial charge in [-0.15, -0.1) is 0 Å². The average molecular weight is 281 g/mol. The predicted octanol–water partition coefficient (Wildman–Crippen LogP) is 4.05. The van der Waals surface area contributed by atoms with Crippen LogP contribution in [0.2, 0.25) is 0 Å². The Bertz CT molecular complexity index is 284. The van der Waals surface area contributed by atoms with Gasteiger partial charge in [0.25, 0.3) is 0 Å². The van der Waals surface area contributed by atoms with Gasteiger partial charge in [0.1, 0.15) is 0 Å². The summed E-state index contributed by atoms with van der Waals surface area (Å²) in [7, 11) is 0. The molecule has 0 aromatic rings. The van der Waals surface area contributed by atoms with Crippen molar-refractivity contribution in [2.45, 2.75) is 91.3 Å². The molecule has 2 atom stereocenters. The monoisotopic (exact) mass is 280 g/mol. The molecule has 20 heavy (non-hydrogen) atoms. The molecule has 2 aliphatic rings. The fraction of sp³-hybridized carbons (Fsp3) is 1.00. The van der Waals surface area contributed by atoms with Crippen molar-refractivity contribution in [1.29, 1.82) is 0 Å². The second-order valence-electron chi connectivity index (χ2n) is 8.76.